The smallest absolute Gasteiger partial charge is 0.249 e. The third-order valence-electron chi connectivity index (χ3n) is 2.02. The normalized spacial score (nSPS) is 10.1. The van der Waals surface area contributed by atoms with Gasteiger partial charge in [-0.05, 0) is 12.1 Å². The highest BCUT2D eigenvalue weighted by molar-refractivity contribution is 5.95. The summed E-state index contributed by atoms with van der Waals surface area (Å²) >= 11 is 0. The van der Waals surface area contributed by atoms with Crippen molar-refractivity contribution in [3.63, 3.8) is 0 Å². The minimum atomic E-state index is -0.879. The van der Waals surface area contributed by atoms with Crippen LogP contribution in [0.3, 0.4) is 0 Å². The second kappa shape index (κ2) is 4.74. The van der Waals surface area contributed by atoms with Crippen LogP contribution in [-0.2, 0) is 0 Å². The summed E-state index contributed by atoms with van der Waals surface area (Å²) in [5.41, 5.74) is 5.26. The zero-order valence-electron chi connectivity index (χ0n) is 9.02. The third-order valence-corrected chi connectivity index (χ3v) is 2.02. The van der Waals surface area contributed by atoms with E-state index in [2.05, 4.69) is 9.97 Å². The van der Waals surface area contributed by atoms with Gasteiger partial charge in [-0.3, -0.25) is 5.41 Å². The summed E-state index contributed by atoms with van der Waals surface area (Å²) in [4.78, 5) is 7.58. The van der Waals surface area contributed by atoms with Crippen LogP contribution in [0.2, 0.25) is 0 Å². The Morgan fingerprint density at radius 1 is 1.22 bits per heavy atom. The molecule has 92 valence electrons. The number of amidine groups is 1. The molecule has 1 aromatic carbocycles. The lowest BCUT2D eigenvalue weighted by Gasteiger charge is -2.08. The number of nitrogens with two attached hydrogens (primary N) is 1. The van der Waals surface area contributed by atoms with Crippen molar-refractivity contribution in [3.8, 4) is 11.6 Å². The Bertz CT molecular complexity index is 603. The molecule has 0 unspecified atom stereocenters. The zero-order valence-corrected chi connectivity index (χ0v) is 9.02. The highest BCUT2D eigenvalue weighted by Gasteiger charge is 2.13. The predicted molar refractivity (Wildman–Crippen MR) is 59.5 cm³/mol. The standard InChI is InChI=1S/C11H8F2N4O/c12-6-1-2-8(7(13)5-6)18-11-9(10(14)15)16-3-4-17-11/h1-5H,(H3,14,15). The molecule has 2 rings (SSSR count). The van der Waals surface area contributed by atoms with Crippen molar-refractivity contribution in [2.24, 2.45) is 5.73 Å². The van der Waals surface area contributed by atoms with Crippen LogP contribution in [0.25, 0.3) is 0 Å². The summed E-state index contributed by atoms with van der Waals surface area (Å²) < 4.78 is 31.2. The molecule has 0 amide bonds. The first kappa shape index (κ1) is 11.9. The van der Waals surface area contributed by atoms with Gasteiger partial charge >= 0.3 is 0 Å². The van der Waals surface area contributed by atoms with Gasteiger partial charge in [0.25, 0.3) is 0 Å². The van der Waals surface area contributed by atoms with Gasteiger partial charge in [-0.15, -0.1) is 0 Å². The lowest BCUT2D eigenvalue weighted by Crippen LogP contribution is -2.15. The summed E-state index contributed by atoms with van der Waals surface area (Å²) in [5, 5.41) is 7.27. The predicted octanol–water partition coefficient (Wildman–Crippen LogP) is 1.83. The first-order valence-corrected chi connectivity index (χ1v) is 4.86. The van der Waals surface area contributed by atoms with Gasteiger partial charge in [-0.1, -0.05) is 0 Å². The molecule has 0 atom stereocenters. The molecule has 0 bridgehead atoms. The number of aromatic nitrogens is 2. The molecule has 1 heterocycles. The molecule has 5 nitrogen and oxygen atoms in total. The van der Waals surface area contributed by atoms with E-state index in [4.69, 9.17) is 15.9 Å². The van der Waals surface area contributed by atoms with Crippen molar-refractivity contribution in [3.05, 3.63) is 47.9 Å². The summed E-state index contributed by atoms with van der Waals surface area (Å²) in [5.74, 6) is -2.29. The van der Waals surface area contributed by atoms with Crippen LogP contribution in [0.1, 0.15) is 5.69 Å². The lowest BCUT2D eigenvalue weighted by molar-refractivity contribution is 0.420. The molecule has 0 radical (unpaired) electrons. The summed E-state index contributed by atoms with van der Waals surface area (Å²) in [6.45, 7) is 0. The van der Waals surface area contributed by atoms with Crippen molar-refractivity contribution in [1.82, 2.24) is 9.97 Å². The lowest BCUT2D eigenvalue weighted by atomic mass is 10.3. The number of hydrogen-bond donors (Lipinski definition) is 2. The fraction of sp³-hybridized carbons (Fsp3) is 0. The minimum Gasteiger partial charge on any atom is -0.434 e. The number of ether oxygens (including phenoxy) is 1. The maximum absolute atomic E-state index is 13.4. The van der Waals surface area contributed by atoms with E-state index < -0.39 is 11.6 Å². The number of nitrogens with one attached hydrogen (secondary N) is 1. The average Bonchev–Trinajstić information content (AvgIpc) is 2.33. The van der Waals surface area contributed by atoms with Crippen LogP contribution in [0.15, 0.2) is 30.6 Å². The highest BCUT2D eigenvalue weighted by atomic mass is 19.1. The molecular formula is C11H8F2N4O. The van der Waals surface area contributed by atoms with Crippen LogP contribution < -0.4 is 10.5 Å². The Balaban J connectivity index is 2.37. The highest BCUT2D eigenvalue weighted by Crippen LogP contribution is 2.24. The van der Waals surface area contributed by atoms with Gasteiger partial charge in [-0.25, -0.2) is 18.7 Å². The maximum atomic E-state index is 13.4. The third kappa shape index (κ3) is 2.40. The fourth-order valence-corrected chi connectivity index (χ4v) is 1.25. The van der Waals surface area contributed by atoms with Crippen LogP contribution in [0.4, 0.5) is 8.78 Å². The first-order chi connectivity index (χ1) is 8.58. The second-order valence-corrected chi connectivity index (χ2v) is 3.30. The summed E-state index contributed by atoms with van der Waals surface area (Å²) in [6, 6.07) is 2.84. The van der Waals surface area contributed by atoms with E-state index in [0.29, 0.717) is 6.07 Å². The van der Waals surface area contributed by atoms with Crippen molar-refractivity contribution in [2.75, 3.05) is 0 Å². The van der Waals surface area contributed by atoms with Crippen molar-refractivity contribution in [1.29, 1.82) is 5.41 Å². The van der Waals surface area contributed by atoms with Crippen LogP contribution in [0, 0.1) is 17.0 Å². The molecule has 0 aliphatic heterocycles. The first-order valence-electron chi connectivity index (χ1n) is 4.86. The molecule has 0 spiro atoms. The number of halogens is 2. The van der Waals surface area contributed by atoms with Crippen LogP contribution in [-0.4, -0.2) is 15.8 Å². The van der Waals surface area contributed by atoms with Crippen molar-refractivity contribution >= 4 is 5.84 Å². The Morgan fingerprint density at radius 2 is 1.94 bits per heavy atom. The van der Waals surface area contributed by atoms with Crippen molar-refractivity contribution < 1.29 is 13.5 Å². The van der Waals surface area contributed by atoms with E-state index >= 15 is 0 Å². The Morgan fingerprint density at radius 3 is 2.61 bits per heavy atom. The maximum Gasteiger partial charge on any atom is 0.249 e. The van der Waals surface area contributed by atoms with E-state index in [1.165, 1.54) is 12.4 Å². The largest absolute Gasteiger partial charge is 0.434 e. The van der Waals surface area contributed by atoms with Gasteiger partial charge < -0.3 is 10.5 Å². The van der Waals surface area contributed by atoms with Gasteiger partial charge in [0.15, 0.2) is 17.3 Å². The number of nitrogens with zero attached hydrogens (tertiary/aromatic N) is 2. The van der Waals surface area contributed by atoms with E-state index in [9.17, 15) is 8.78 Å². The van der Waals surface area contributed by atoms with Gasteiger partial charge in [0.2, 0.25) is 5.88 Å². The number of nitrogen functional groups attached to an aromatic ring is 1. The molecule has 0 aliphatic rings. The Labute approximate surface area is 101 Å². The topological polar surface area (TPSA) is 84.9 Å². The minimum absolute atomic E-state index is 0.0128. The molecule has 0 saturated carbocycles. The van der Waals surface area contributed by atoms with Gasteiger partial charge in [0.05, 0.1) is 0 Å². The van der Waals surface area contributed by atoms with Crippen LogP contribution >= 0.6 is 0 Å². The quantitative estimate of drug-likeness (QED) is 0.642. The van der Waals surface area contributed by atoms with Gasteiger partial charge in [-0.2, -0.15) is 0 Å². The monoisotopic (exact) mass is 250 g/mol. The fourth-order valence-electron chi connectivity index (χ4n) is 1.25. The molecule has 0 aliphatic carbocycles. The number of rotatable bonds is 3. The summed E-state index contributed by atoms with van der Waals surface area (Å²) in [7, 11) is 0. The molecule has 7 heteroatoms. The Kier molecular flexibility index (Phi) is 3.13. The SMILES string of the molecule is N=C(N)c1nccnc1Oc1ccc(F)cc1F. The molecule has 0 saturated heterocycles. The van der Waals surface area contributed by atoms with E-state index in [-0.39, 0.29) is 23.2 Å². The van der Waals surface area contributed by atoms with Crippen molar-refractivity contribution in [2.45, 2.75) is 0 Å². The van der Waals surface area contributed by atoms with E-state index in [0.717, 1.165) is 12.1 Å². The Hall–Kier alpha value is -2.57. The van der Waals surface area contributed by atoms with E-state index in [1.807, 2.05) is 0 Å². The molecule has 3 N–H and O–H groups in total. The number of benzene rings is 1. The van der Waals surface area contributed by atoms with Gasteiger partial charge in [0, 0.05) is 18.5 Å². The molecule has 18 heavy (non-hydrogen) atoms. The second-order valence-electron chi connectivity index (χ2n) is 3.30. The van der Waals surface area contributed by atoms with Crippen LogP contribution in [0.5, 0.6) is 11.6 Å². The molecule has 0 fully saturated rings. The van der Waals surface area contributed by atoms with E-state index in [1.54, 1.807) is 0 Å². The summed E-state index contributed by atoms with van der Waals surface area (Å²) in [6.07, 6.45) is 2.63. The zero-order chi connectivity index (χ0) is 13.1. The number of hydrogen-bond acceptors (Lipinski definition) is 4. The average molecular weight is 250 g/mol. The van der Waals surface area contributed by atoms with Gasteiger partial charge in [0.1, 0.15) is 11.7 Å². The molecular weight excluding hydrogens is 242 g/mol. The molecule has 2 aromatic rings. The molecule has 1 aromatic heterocycles.